The first-order valence-electron chi connectivity index (χ1n) is 7.85. The van der Waals surface area contributed by atoms with Gasteiger partial charge in [0.2, 0.25) is 0 Å². The molecule has 1 heterocycles. The molecule has 0 spiro atoms. The maximum Gasteiger partial charge on any atom is 0.338 e. The van der Waals surface area contributed by atoms with E-state index < -0.39 is 0 Å². The van der Waals surface area contributed by atoms with Gasteiger partial charge in [-0.2, -0.15) is 0 Å². The van der Waals surface area contributed by atoms with Crippen molar-refractivity contribution in [3.05, 3.63) is 78.5 Å². The molecule has 0 bridgehead atoms. The Morgan fingerprint density at radius 3 is 2.56 bits per heavy atom. The smallest absolute Gasteiger partial charge is 0.338 e. The number of aromatic nitrogens is 3. The Kier molecular flexibility index (Phi) is 3.74. The number of nitrogens with zero attached hydrogens (tertiary/aromatic N) is 3. The first kappa shape index (κ1) is 15.1. The van der Waals surface area contributed by atoms with Gasteiger partial charge in [0.15, 0.2) is 0 Å². The molecule has 5 heteroatoms. The summed E-state index contributed by atoms with van der Waals surface area (Å²) in [5.41, 5.74) is 3.03. The molecule has 0 amide bonds. The predicted octanol–water partition coefficient (Wildman–Crippen LogP) is 3.87. The monoisotopic (exact) mass is 329 g/mol. The van der Waals surface area contributed by atoms with Crippen molar-refractivity contribution in [1.82, 2.24) is 15.0 Å². The van der Waals surface area contributed by atoms with Crippen LogP contribution in [0.5, 0.6) is 0 Å². The standard InChI is InChI=1S/C20H15N3O2/c1-25-20(24)18-12-16(11-15-9-5-6-10-17(15)18)23-13-19(21-22-23)14-7-3-2-4-8-14/h2-13H,1H3. The van der Waals surface area contributed by atoms with Crippen LogP contribution in [0.1, 0.15) is 10.4 Å². The zero-order chi connectivity index (χ0) is 17.2. The highest BCUT2D eigenvalue weighted by atomic mass is 16.5. The number of carbonyl (C=O) groups is 1. The van der Waals surface area contributed by atoms with Gasteiger partial charge in [-0.25, -0.2) is 9.48 Å². The average Bonchev–Trinajstić information content (AvgIpc) is 3.17. The van der Waals surface area contributed by atoms with Gasteiger partial charge in [-0.05, 0) is 22.9 Å². The lowest BCUT2D eigenvalue weighted by Crippen LogP contribution is -2.05. The molecule has 3 aromatic carbocycles. The number of benzene rings is 3. The number of fused-ring (bicyclic) bond motifs is 1. The van der Waals surface area contributed by atoms with Crippen molar-refractivity contribution in [2.45, 2.75) is 0 Å². The van der Waals surface area contributed by atoms with Gasteiger partial charge in [0.1, 0.15) is 5.69 Å². The molecule has 122 valence electrons. The van der Waals surface area contributed by atoms with Crippen molar-refractivity contribution >= 4 is 16.7 Å². The van der Waals surface area contributed by atoms with Crippen LogP contribution in [-0.4, -0.2) is 28.1 Å². The minimum absolute atomic E-state index is 0.374. The van der Waals surface area contributed by atoms with Gasteiger partial charge in [0.25, 0.3) is 0 Å². The van der Waals surface area contributed by atoms with Crippen LogP contribution in [0.4, 0.5) is 0 Å². The molecule has 0 fully saturated rings. The Bertz CT molecular complexity index is 1050. The average molecular weight is 329 g/mol. The van der Waals surface area contributed by atoms with E-state index in [2.05, 4.69) is 10.3 Å². The fourth-order valence-electron chi connectivity index (χ4n) is 2.84. The minimum atomic E-state index is -0.374. The fourth-order valence-corrected chi connectivity index (χ4v) is 2.84. The minimum Gasteiger partial charge on any atom is -0.465 e. The predicted molar refractivity (Wildman–Crippen MR) is 95.6 cm³/mol. The summed E-state index contributed by atoms with van der Waals surface area (Å²) in [4.78, 5) is 12.2. The van der Waals surface area contributed by atoms with Crippen LogP contribution >= 0.6 is 0 Å². The van der Waals surface area contributed by atoms with Crippen molar-refractivity contribution in [2.75, 3.05) is 7.11 Å². The maximum atomic E-state index is 12.2. The molecule has 0 atom stereocenters. The third-order valence-electron chi connectivity index (χ3n) is 4.08. The van der Waals surface area contributed by atoms with Gasteiger partial charge in [-0.1, -0.05) is 59.8 Å². The van der Waals surface area contributed by atoms with Gasteiger partial charge < -0.3 is 4.74 Å². The van der Waals surface area contributed by atoms with E-state index in [4.69, 9.17) is 4.74 Å². The summed E-state index contributed by atoms with van der Waals surface area (Å²) in [5.74, 6) is -0.374. The molecular formula is C20H15N3O2. The molecule has 0 saturated carbocycles. The van der Waals surface area contributed by atoms with Crippen molar-refractivity contribution in [2.24, 2.45) is 0 Å². The van der Waals surface area contributed by atoms with Crippen LogP contribution in [0.2, 0.25) is 0 Å². The first-order valence-corrected chi connectivity index (χ1v) is 7.85. The topological polar surface area (TPSA) is 57.0 Å². The number of methoxy groups -OCH3 is 1. The molecule has 0 saturated heterocycles. The van der Waals surface area contributed by atoms with Crippen LogP contribution in [0.15, 0.2) is 72.9 Å². The molecule has 5 nitrogen and oxygen atoms in total. The summed E-state index contributed by atoms with van der Waals surface area (Å²) in [6.45, 7) is 0. The largest absolute Gasteiger partial charge is 0.465 e. The Morgan fingerprint density at radius 1 is 1.00 bits per heavy atom. The molecule has 25 heavy (non-hydrogen) atoms. The van der Waals surface area contributed by atoms with Crippen LogP contribution in [-0.2, 0) is 4.74 Å². The second kappa shape index (κ2) is 6.20. The van der Waals surface area contributed by atoms with Crippen molar-refractivity contribution < 1.29 is 9.53 Å². The normalized spacial score (nSPS) is 10.8. The summed E-state index contributed by atoms with van der Waals surface area (Å²) in [6, 6.07) is 21.3. The van der Waals surface area contributed by atoms with Crippen LogP contribution in [0.3, 0.4) is 0 Å². The maximum absolute atomic E-state index is 12.2. The number of hydrogen-bond acceptors (Lipinski definition) is 4. The lowest BCUT2D eigenvalue weighted by atomic mass is 10.0. The van der Waals surface area contributed by atoms with E-state index in [1.54, 1.807) is 10.7 Å². The van der Waals surface area contributed by atoms with E-state index in [-0.39, 0.29) is 5.97 Å². The van der Waals surface area contributed by atoms with Gasteiger partial charge in [0.05, 0.1) is 24.6 Å². The van der Waals surface area contributed by atoms with E-state index >= 15 is 0 Å². The van der Waals surface area contributed by atoms with E-state index in [0.717, 1.165) is 27.7 Å². The van der Waals surface area contributed by atoms with Gasteiger partial charge in [-0.3, -0.25) is 0 Å². The second-order valence-corrected chi connectivity index (χ2v) is 5.62. The highest BCUT2D eigenvalue weighted by Crippen LogP contribution is 2.25. The Balaban J connectivity index is 1.85. The number of rotatable bonds is 3. The molecule has 0 aliphatic rings. The Morgan fingerprint density at radius 2 is 1.76 bits per heavy atom. The van der Waals surface area contributed by atoms with Crippen molar-refractivity contribution in [3.63, 3.8) is 0 Å². The lowest BCUT2D eigenvalue weighted by molar-refractivity contribution is 0.0603. The summed E-state index contributed by atoms with van der Waals surface area (Å²) < 4.78 is 6.59. The third-order valence-corrected chi connectivity index (χ3v) is 4.08. The zero-order valence-electron chi connectivity index (χ0n) is 13.6. The molecular weight excluding hydrogens is 314 g/mol. The Labute approximate surface area is 144 Å². The summed E-state index contributed by atoms with van der Waals surface area (Å²) >= 11 is 0. The van der Waals surface area contributed by atoms with Crippen LogP contribution < -0.4 is 0 Å². The second-order valence-electron chi connectivity index (χ2n) is 5.62. The van der Waals surface area contributed by atoms with E-state index in [1.807, 2.05) is 66.9 Å². The van der Waals surface area contributed by atoms with Crippen molar-refractivity contribution in [3.8, 4) is 16.9 Å². The molecule has 0 aliphatic heterocycles. The molecule has 4 aromatic rings. The molecule has 0 N–H and O–H groups in total. The summed E-state index contributed by atoms with van der Waals surface area (Å²) in [7, 11) is 1.38. The number of hydrogen-bond donors (Lipinski definition) is 0. The first-order chi connectivity index (χ1) is 12.3. The highest BCUT2D eigenvalue weighted by Gasteiger charge is 2.14. The highest BCUT2D eigenvalue weighted by molar-refractivity contribution is 6.05. The SMILES string of the molecule is COC(=O)c1cc(-n2cc(-c3ccccc3)nn2)cc2ccccc12. The van der Waals surface area contributed by atoms with Crippen LogP contribution in [0.25, 0.3) is 27.7 Å². The van der Waals surface area contributed by atoms with Gasteiger partial charge >= 0.3 is 5.97 Å². The van der Waals surface area contributed by atoms with E-state index in [0.29, 0.717) is 5.56 Å². The molecule has 0 unspecified atom stereocenters. The molecule has 4 rings (SSSR count). The Hall–Kier alpha value is -3.47. The lowest BCUT2D eigenvalue weighted by Gasteiger charge is -2.08. The van der Waals surface area contributed by atoms with Crippen molar-refractivity contribution in [1.29, 1.82) is 0 Å². The van der Waals surface area contributed by atoms with E-state index in [9.17, 15) is 4.79 Å². The molecule has 1 aromatic heterocycles. The quantitative estimate of drug-likeness (QED) is 0.535. The zero-order valence-corrected chi connectivity index (χ0v) is 13.6. The summed E-state index contributed by atoms with van der Waals surface area (Å²) in [6.07, 6.45) is 1.85. The number of ether oxygens (including phenoxy) is 1. The van der Waals surface area contributed by atoms with Gasteiger partial charge in [-0.15, -0.1) is 5.10 Å². The third kappa shape index (κ3) is 2.76. The molecule has 0 radical (unpaired) electrons. The number of carbonyl (C=O) groups excluding carboxylic acids is 1. The number of esters is 1. The van der Waals surface area contributed by atoms with Crippen LogP contribution in [0, 0.1) is 0 Å². The van der Waals surface area contributed by atoms with E-state index in [1.165, 1.54) is 7.11 Å². The van der Waals surface area contributed by atoms with Gasteiger partial charge in [0, 0.05) is 5.56 Å². The fraction of sp³-hybridized carbons (Fsp3) is 0.0500. The summed E-state index contributed by atoms with van der Waals surface area (Å²) in [5, 5.41) is 10.2. The molecule has 0 aliphatic carbocycles.